The number of aromatic nitrogens is 4. The molecule has 2 amide bonds. The van der Waals surface area contributed by atoms with Crippen molar-refractivity contribution in [3.05, 3.63) is 59.7 Å². The minimum atomic E-state index is -0.507. The standard InChI is InChI=1S/C19H20N6O3/c1-24(11-13-4-3-5-16(10-13)28-2)17(26)12-25-22-19(21-23-25)15-8-6-14(7-9-15)18(20)27/h3-10H,11-12H2,1-2H3,(H2,20,27). The fraction of sp³-hybridized carbons (Fsp3) is 0.211. The predicted molar refractivity (Wildman–Crippen MR) is 101 cm³/mol. The number of ether oxygens (including phenoxy) is 1. The van der Waals surface area contributed by atoms with Crippen LogP contribution in [-0.4, -0.2) is 51.1 Å². The Kier molecular flexibility index (Phi) is 5.64. The van der Waals surface area contributed by atoms with Crippen molar-refractivity contribution in [3.63, 3.8) is 0 Å². The van der Waals surface area contributed by atoms with Gasteiger partial charge in [0.15, 0.2) is 0 Å². The number of tetrazole rings is 1. The maximum atomic E-state index is 12.5. The summed E-state index contributed by atoms with van der Waals surface area (Å²) >= 11 is 0. The summed E-state index contributed by atoms with van der Waals surface area (Å²) in [5.74, 6) is 0.436. The number of likely N-dealkylation sites (N-methyl/N-ethyl adjacent to an activating group) is 1. The number of rotatable bonds is 7. The zero-order valence-electron chi connectivity index (χ0n) is 15.6. The third-order valence-corrected chi connectivity index (χ3v) is 4.14. The highest BCUT2D eigenvalue weighted by Gasteiger charge is 2.14. The first-order chi connectivity index (χ1) is 13.5. The van der Waals surface area contributed by atoms with Crippen LogP contribution in [0.1, 0.15) is 15.9 Å². The van der Waals surface area contributed by atoms with E-state index < -0.39 is 5.91 Å². The fourth-order valence-corrected chi connectivity index (χ4v) is 2.58. The van der Waals surface area contributed by atoms with Gasteiger partial charge in [0.05, 0.1) is 7.11 Å². The van der Waals surface area contributed by atoms with Crippen molar-refractivity contribution in [1.82, 2.24) is 25.1 Å². The largest absolute Gasteiger partial charge is 0.497 e. The van der Waals surface area contributed by atoms with E-state index in [9.17, 15) is 9.59 Å². The Balaban J connectivity index is 1.63. The highest BCUT2D eigenvalue weighted by molar-refractivity contribution is 5.93. The van der Waals surface area contributed by atoms with Crippen molar-refractivity contribution >= 4 is 11.8 Å². The first-order valence-corrected chi connectivity index (χ1v) is 8.51. The number of nitrogens with zero attached hydrogens (tertiary/aromatic N) is 5. The van der Waals surface area contributed by atoms with Crippen LogP contribution >= 0.6 is 0 Å². The lowest BCUT2D eigenvalue weighted by Gasteiger charge is -2.17. The van der Waals surface area contributed by atoms with Crippen molar-refractivity contribution in [2.24, 2.45) is 5.73 Å². The molecule has 0 spiro atoms. The third kappa shape index (κ3) is 4.50. The molecule has 3 rings (SSSR count). The molecule has 9 nitrogen and oxygen atoms in total. The average Bonchev–Trinajstić information content (AvgIpc) is 3.16. The molecule has 0 aliphatic heterocycles. The van der Waals surface area contributed by atoms with Gasteiger partial charge in [0.1, 0.15) is 12.3 Å². The average molecular weight is 380 g/mol. The van der Waals surface area contributed by atoms with Gasteiger partial charge in [-0.3, -0.25) is 9.59 Å². The van der Waals surface area contributed by atoms with E-state index in [1.165, 1.54) is 4.80 Å². The van der Waals surface area contributed by atoms with Crippen LogP contribution in [0, 0.1) is 0 Å². The normalized spacial score (nSPS) is 10.5. The van der Waals surface area contributed by atoms with Gasteiger partial charge in [0, 0.05) is 24.7 Å². The van der Waals surface area contributed by atoms with Crippen molar-refractivity contribution in [1.29, 1.82) is 0 Å². The van der Waals surface area contributed by atoms with Gasteiger partial charge in [0.2, 0.25) is 17.6 Å². The molecule has 28 heavy (non-hydrogen) atoms. The lowest BCUT2D eigenvalue weighted by atomic mass is 10.1. The number of amides is 2. The van der Waals surface area contributed by atoms with E-state index >= 15 is 0 Å². The molecule has 0 aliphatic carbocycles. The first-order valence-electron chi connectivity index (χ1n) is 8.51. The summed E-state index contributed by atoms with van der Waals surface area (Å²) in [6, 6.07) is 14.1. The Morgan fingerprint density at radius 3 is 2.61 bits per heavy atom. The van der Waals surface area contributed by atoms with Gasteiger partial charge in [0.25, 0.3) is 0 Å². The molecule has 144 valence electrons. The Morgan fingerprint density at radius 2 is 1.93 bits per heavy atom. The molecule has 0 aliphatic rings. The number of primary amides is 1. The summed E-state index contributed by atoms with van der Waals surface area (Å²) < 4.78 is 5.20. The Hall–Kier alpha value is -3.75. The van der Waals surface area contributed by atoms with Gasteiger partial charge < -0.3 is 15.4 Å². The first kappa shape index (κ1) is 19.0. The van der Waals surface area contributed by atoms with E-state index in [4.69, 9.17) is 10.5 Å². The Bertz CT molecular complexity index is 983. The van der Waals surface area contributed by atoms with E-state index in [1.807, 2.05) is 24.3 Å². The lowest BCUT2D eigenvalue weighted by molar-refractivity contribution is -0.131. The fourth-order valence-electron chi connectivity index (χ4n) is 2.58. The second kappa shape index (κ2) is 8.30. The van der Waals surface area contributed by atoms with E-state index in [-0.39, 0.29) is 12.5 Å². The quantitative estimate of drug-likeness (QED) is 0.656. The second-order valence-corrected chi connectivity index (χ2v) is 6.19. The lowest BCUT2D eigenvalue weighted by Crippen LogP contribution is -2.30. The molecule has 9 heteroatoms. The highest BCUT2D eigenvalue weighted by Crippen LogP contribution is 2.15. The van der Waals surface area contributed by atoms with Crippen molar-refractivity contribution < 1.29 is 14.3 Å². The molecule has 0 unspecified atom stereocenters. The van der Waals surface area contributed by atoms with Crippen molar-refractivity contribution in [2.75, 3.05) is 14.2 Å². The molecule has 0 fully saturated rings. The van der Waals surface area contributed by atoms with Gasteiger partial charge in [-0.05, 0) is 35.0 Å². The van der Waals surface area contributed by atoms with Crippen LogP contribution in [0.15, 0.2) is 48.5 Å². The number of nitrogens with two attached hydrogens (primary N) is 1. The minimum Gasteiger partial charge on any atom is -0.497 e. The van der Waals surface area contributed by atoms with Gasteiger partial charge >= 0.3 is 0 Å². The molecule has 0 atom stereocenters. The van der Waals surface area contributed by atoms with E-state index in [0.717, 1.165) is 11.3 Å². The van der Waals surface area contributed by atoms with Crippen LogP contribution < -0.4 is 10.5 Å². The molecular formula is C19H20N6O3. The van der Waals surface area contributed by atoms with Gasteiger partial charge in [-0.2, -0.15) is 4.80 Å². The predicted octanol–water partition coefficient (Wildman–Crippen LogP) is 1.11. The van der Waals surface area contributed by atoms with E-state index in [2.05, 4.69) is 15.4 Å². The van der Waals surface area contributed by atoms with E-state index in [1.54, 1.807) is 43.3 Å². The summed E-state index contributed by atoms with van der Waals surface area (Å²) in [4.78, 5) is 26.4. The maximum absolute atomic E-state index is 12.5. The Morgan fingerprint density at radius 1 is 1.18 bits per heavy atom. The SMILES string of the molecule is COc1cccc(CN(C)C(=O)Cn2nnc(-c3ccc(C(N)=O)cc3)n2)c1. The number of methoxy groups -OCH3 is 1. The van der Waals surface area contributed by atoms with Crippen molar-refractivity contribution in [3.8, 4) is 17.1 Å². The van der Waals surface area contributed by atoms with Crippen molar-refractivity contribution in [2.45, 2.75) is 13.1 Å². The third-order valence-electron chi connectivity index (χ3n) is 4.14. The zero-order valence-corrected chi connectivity index (χ0v) is 15.6. The molecule has 0 saturated heterocycles. The monoisotopic (exact) mass is 380 g/mol. The minimum absolute atomic E-state index is 0.0349. The molecule has 0 saturated carbocycles. The summed E-state index contributed by atoms with van der Waals surface area (Å²) in [6.45, 7) is 0.402. The highest BCUT2D eigenvalue weighted by atomic mass is 16.5. The number of benzene rings is 2. The number of hydrogen-bond donors (Lipinski definition) is 1. The van der Waals surface area contributed by atoms with E-state index in [0.29, 0.717) is 23.5 Å². The number of hydrogen-bond acceptors (Lipinski definition) is 6. The van der Waals surface area contributed by atoms with Crippen LogP contribution in [0.5, 0.6) is 5.75 Å². The summed E-state index contributed by atoms with van der Waals surface area (Å²) in [5.41, 5.74) is 7.25. The summed E-state index contributed by atoms with van der Waals surface area (Å²) in [7, 11) is 3.31. The maximum Gasteiger partial charge on any atom is 0.248 e. The van der Waals surface area contributed by atoms with Gasteiger partial charge in [-0.1, -0.05) is 24.3 Å². The molecule has 1 aromatic heterocycles. The second-order valence-electron chi connectivity index (χ2n) is 6.19. The molecule has 0 bridgehead atoms. The van der Waals surface area contributed by atoms with Crippen LogP contribution in [0.2, 0.25) is 0 Å². The van der Waals surface area contributed by atoms with Gasteiger partial charge in [-0.15, -0.1) is 10.2 Å². The molecular weight excluding hydrogens is 360 g/mol. The van der Waals surface area contributed by atoms with Crippen LogP contribution in [0.25, 0.3) is 11.4 Å². The van der Waals surface area contributed by atoms with Gasteiger partial charge in [-0.25, -0.2) is 0 Å². The van der Waals surface area contributed by atoms with Crippen LogP contribution in [0.4, 0.5) is 0 Å². The summed E-state index contributed by atoms with van der Waals surface area (Å²) in [5, 5.41) is 12.1. The number of carbonyl (C=O) groups is 2. The molecule has 3 aromatic rings. The molecule has 0 radical (unpaired) electrons. The summed E-state index contributed by atoms with van der Waals surface area (Å²) in [6.07, 6.45) is 0. The molecule has 1 heterocycles. The molecule has 2 aromatic carbocycles. The van der Waals surface area contributed by atoms with Crippen LogP contribution in [0.3, 0.4) is 0 Å². The smallest absolute Gasteiger partial charge is 0.248 e. The number of carbonyl (C=O) groups excluding carboxylic acids is 2. The Labute approximate surface area is 161 Å². The topological polar surface area (TPSA) is 116 Å². The zero-order chi connectivity index (χ0) is 20.1. The molecule has 2 N–H and O–H groups in total. The van der Waals surface area contributed by atoms with Crippen LogP contribution in [-0.2, 0) is 17.9 Å².